The minimum absolute atomic E-state index is 0.0857. The number of nitrogens with one attached hydrogen (secondary N) is 1. The smallest absolute Gasteiger partial charge is 0.407 e. The first-order valence-electron chi connectivity index (χ1n) is 7.25. The second kappa shape index (κ2) is 5.99. The van der Waals surface area contributed by atoms with Gasteiger partial charge in [0.25, 0.3) is 0 Å². The fraction of sp³-hybridized carbons (Fsp3) is 0.857. The largest absolute Gasteiger partial charge is 0.464 e. The molecule has 0 bridgehead atoms. The predicted octanol–water partition coefficient (Wildman–Crippen LogP) is 1.29. The maximum atomic E-state index is 11.7. The molecule has 0 aromatic carbocycles. The quantitative estimate of drug-likeness (QED) is 0.774. The lowest BCUT2D eigenvalue weighted by atomic mass is 10.0. The highest BCUT2D eigenvalue weighted by atomic mass is 16.6. The fourth-order valence-electron chi connectivity index (χ4n) is 2.65. The molecule has 2 aliphatic heterocycles. The number of carbonyl (C=O) groups excluding carboxylic acids is 2. The van der Waals surface area contributed by atoms with E-state index in [1.165, 1.54) is 0 Å². The number of hydrogen-bond donors (Lipinski definition) is 1. The number of rotatable bonds is 2. The van der Waals surface area contributed by atoms with Gasteiger partial charge in [0.05, 0.1) is 6.61 Å². The Hall–Kier alpha value is -1.30. The normalized spacial score (nSPS) is 25.4. The van der Waals surface area contributed by atoms with Crippen LogP contribution < -0.4 is 5.32 Å². The Kier molecular flexibility index (Phi) is 4.52. The maximum absolute atomic E-state index is 11.7. The molecule has 2 rings (SSSR count). The monoisotopic (exact) mass is 284 g/mol. The zero-order valence-electron chi connectivity index (χ0n) is 12.5. The number of nitrogens with zero attached hydrogens (tertiary/aromatic N) is 1. The van der Waals surface area contributed by atoms with Gasteiger partial charge in [0.2, 0.25) is 0 Å². The molecular formula is C14H24N2O4. The van der Waals surface area contributed by atoms with Crippen molar-refractivity contribution in [2.24, 2.45) is 0 Å². The van der Waals surface area contributed by atoms with Crippen molar-refractivity contribution in [1.82, 2.24) is 10.2 Å². The minimum Gasteiger partial charge on any atom is -0.464 e. The van der Waals surface area contributed by atoms with E-state index in [1.54, 1.807) is 0 Å². The Balaban J connectivity index is 1.74. The molecule has 2 fully saturated rings. The molecule has 0 aromatic heterocycles. The summed E-state index contributed by atoms with van der Waals surface area (Å²) in [5.74, 6) is -0.108. The van der Waals surface area contributed by atoms with Crippen LogP contribution in [0.25, 0.3) is 0 Å². The average Bonchev–Trinajstić information content (AvgIpc) is 2.74. The van der Waals surface area contributed by atoms with Gasteiger partial charge in [-0.3, -0.25) is 9.69 Å². The predicted molar refractivity (Wildman–Crippen MR) is 73.3 cm³/mol. The number of cyclic esters (lactones) is 1. The third-order valence-corrected chi connectivity index (χ3v) is 3.60. The van der Waals surface area contributed by atoms with Gasteiger partial charge in [0.1, 0.15) is 11.6 Å². The first-order chi connectivity index (χ1) is 9.35. The summed E-state index contributed by atoms with van der Waals surface area (Å²) in [6.07, 6.45) is 2.09. The second-order valence-electron chi connectivity index (χ2n) is 6.43. The van der Waals surface area contributed by atoms with Crippen LogP contribution in [0.2, 0.25) is 0 Å². The van der Waals surface area contributed by atoms with Crippen LogP contribution in [0.15, 0.2) is 0 Å². The third-order valence-electron chi connectivity index (χ3n) is 3.60. The molecule has 1 N–H and O–H groups in total. The Bertz CT molecular complexity index is 370. The summed E-state index contributed by atoms with van der Waals surface area (Å²) in [4.78, 5) is 25.4. The van der Waals surface area contributed by atoms with Gasteiger partial charge in [-0.2, -0.15) is 0 Å². The van der Waals surface area contributed by atoms with Gasteiger partial charge in [-0.1, -0.05) is 0 Å². The summed E-state index contributed by atoms with van der Waals surface area (Å²) in [6, 6.07) is 0.0380. The van der Waals surface area contributed by atoms with Crippen LogP contribution in [-0.2, 0) is 14.3 Å². The number of ether oxygens (including phenoxy) is 2. The summed E-state index contributed by atoms with van der Waals surface area (Å²) in [6.45, 7) is 7.68. The van der Waals surface area contributed by atoms with E-state index >= 15 is 0 Å². The molecule has 6 heteroatoms. The molecule has 0 radical (unpaired) electrons. The minimum atomic E-state index is -0.474. The molecule has 2 saturated heterocycles. The Morgan fingerprint density at radius 3 is 2.45 bits per heavy atom. The summed E-state index contributed by atoms with van der Waals surface area (Å²) < 4.78 is 10.2. The molecule has 0 aliphatic carbocycles. The Morgan fingerprint density at radius 2 is 1.95 bits per heavy atom. The fourth-order valence-corrected chi connectivity index (χ4v) is 2.65. The van der Waals surface area contributed by atoms with Crippen molar-refractivity contribution < 1.29 is 19.1 Å². The lowest BCUT2D eigenvalue weighted by Gasteiger charge is -2.34. The number of amides is 1. The van der Waals surface area contributed by atoms with E-state index in [0.717, 1.165) is 32.4 Å². The number of likely N-dealkylation sites (tertiary alicyclic amines) is 1. The Labute approximate surface area is 119 Å². The van der Waals surface area contributed by atoms with Crippen LogP contribution in [0.3, 0.4) is 0 Å². The van der Waals surface area contributed by atoms with Gasteiger partial charge in [-0.05, 0) is 33.6 Å². The van der Waals surface area contributed by atoms with Crippen molar-refractivity contribution >= 4 is 12.1 Å². The van der Waals surface area contributed by atoms with Crippen LogP contribution >= 0.6 is 0 Å². The Morgan fingerprint density at radius 1 is 1.30 bits per heavy atom. The highest BCUT2D eigenvalue weighted by molar-refractivity contribution is 5.77. The van der Waals surface area contributed by atoms with E-state index in [2.05, 4.69) is 10.2 Å². The average molecular weight is 284 g/mol. The van der Waals surface area contributed by atoms with Gasteiger partial charge in [-0.15, -0.1) is 0 Å². The number of esters is 1. The van der Waals surface area contributed by atoms with Crippen molar-refractivity contribution in [2.45, 2.75) is 57.7 Å². The van der Waals surface area contributed by atoms with Gasteiger partial charge in [0.15, 0.2) is 0 Å². The molecular weight excluding hydrogens is 260 g/mol. The van der Waals surface area contributed by atoms with Crippen molar-refractivity contribution in [1.29, 1.82) is 0 Å². The van der Waals surface area contributed by atoms with E-state index in [1.807, 2.05) is 20.8 Å². The van der Waals surface area contributed by atoms with E-state index in [-0.39, 0.29) is 24.1 Å². The molecule has 2 heterocycles. The summed E-state index contributed by atoms with van der Waals surface area (Å²) in [5, 5.41) is 2.89. The molecule has 0 spiro atoms. The summed E-state index contributed by atoms with van der Waals surface area (Å²) in [5.41, 5.74) is -0.474. The summed E-state index contributed by atoms with van der Waals surface area (Å²) in [7, 11) is 0. The number of alkyl carbamates (subject to hydrolysis) is 1. The first-order valence-corrected chi connectivity index (χ1v) is 7.25. The number of carbonyl (C=O) groups is 2. The standard InChI is InChI=1S/C14H24N2O4/c1-14(2,3)20-13(18)15-10-4-7-16(8-5-10)11-6-9-19-12(11)17/h10-11H,4-9H2,1-3H3,(H,15,18). The lowest BCUT2D eigenvalue weighted by molar-refractivity contribution is -0.142. The maximum Gasteiger partial charge on any atom is 0.407 e. The molecule has 6 nitrogen and oxygen atoms in total. The molecule has 20 heavy (non-hydrogen) atoms. The third kappa shape index (κ3) is 4.10. The first kappa shape index (κ1) is 15.1. The van der Waals surface area contributed by atoms with Crippen molar-refractivity contribution in [3.8, 4) is 0 Å². The number of piperidine rings is 1. The molecule has 114 valence electrons. The molecule has 1 amide bonds. The second-order valence-corrected chi connectivity index (χ2v) is 6.43. The van der Waals surface area contributed by atoms with Gasteiger partial charge >= 0.3 is 12.1 Å². The van der Waals surface area contributed by atoms with E-state index in [0.29, 0.717) is 6.61 Å². The van der Waals surface area contributed by atoms with Crippen LogP contribution in [0.4, 0.5) is 4.79 Å². The van der Waals surface area contributed by atoms with Crippen LogP contribution in [0, 0.1) is 0 Å². The van der Waals surface area contributed by atoms with E-state index in [9.17, 15) is 9.59 Å². The summed E-state index contributed by atoms with van der Waals surface area (Å²) >= 11 is 0. The SMILES string of the molecule is CC(C)(C)OC(=O)NC1CCN(C2CCOC2=O)CC1. The van der Waals surface area contributed by atoms with Crippen LogP contribution in [0.1, 0.15) is 40.0 Å². The van der Waals surface area contributed by atoms with Crippen LogP contribution in [0.5, 0.6) is 0 Å². The topological polar surface area (TPSA) is 67.9 Å². The van der Waals surface area contributed by atoms with Crippen molar-refractivity contribution in [3.63, 3.8) is 0 Å². The highest BCUT2D eigenvalue weighted by Gasteiger charge is 2.34. The molecule has 1 atom stereocenters. The van der Waals surface area contributed by atoms with Gasteiger partial charge < -0.3 is 14.8 Å². The number of hydrogen-bond acceptors (Lipinski definition) is 5. The van der Waals surface area contributed by atoms with E-state index < -0.39 is 5.60 Å². The molecule has 0 aromatic rings. The van der Waals surface area contributed by atoms with Crippen molar-refractivity contribution in [2.75, 3.05) is 19.7 Å². The van der Waals surface area contributed by atoms with E-state index in [4.69, 9.17) is 9.47 Å². The van der Waals surface area contributed by atoms with Crippen LogP contribution in [-0.4, -0.2) is 54.3 Å². The zero-order chi connectivity index (χ0) is 14.8. The van der Waals surface area contributed by atoms with Gasteiger partial charge in [0, 0.05) is 25.6 Å². The molecule has 1 unspecified atom stereocenters. The lowest BCUT2D eigenvalue weighted by Crippen LogP contribution is -2.49. The highest BCUT2D eigenvalue weighted by Crippen LogP contribution is 2.20. The van der Waals surface area contributed by atoms with Gasteiger partial charge in [-0.25, -0.2) is 4.79 Å². The van der Waals surface area contributed by atoms with Crippen molar-refractivity contribution in [3.05, 3.63) is 0 Å². The molecule has 2 aliphatic rings. The zero-order valence-corrected chi connectivity index (χ0v) is 12.5. The molecule has 0 saturated carbocycles.